The van der Waals surface area contributed by atoms with Crippen LogP contribution in [0.1, 0.15) is 13.3 Å². The molecule has 1 heterocycles. The minimum atomic E-state index is 0.119. The van der Waals surface area contributed by atoms with E-state index in [1.807, 2.05) is 6.92 Å². The fourth-order valence-electron chi connectivity index (χ4n) is 1.08. The van der Waals surface area contributed by atoms with Gasteiger partial charge < -0.3 is 21.9 Å². The van der Waals surface area contributed by atoms with Crippen molar-refractivity contribution in [2.75, 3.05) is 23.4 Å². The number of rotatable bonds is 4. The fourth-order valence-corrected chi connectivity index (χ4v) is 1.08. The molecule has 0 aliphatic rings. The second kappa shape index (κ2) is 4.61. The molecule has 0 radical (unpaired) electrons. The highest BCUT2D eigenvalue weighted by molar-refractivity contribution is 5.48. The lowest BCUT2D eigenvalue weighted by Crippen LogP contribution is -2.18. The van der Waals surface area contributed by atoms with Crippen molar-refractivity contribution >= 4 is 17.6 Å². The number of nitrogen functional groups attached to an aromatic ring is 2. The molecule has 1 aromatic heterocycles. The number of aliphatic hydroxyl groups is 1. The molecule has 6 N–H and O–H groups in total. The van der Waals surface area contributed by atoms with E-state index in [9.17, 15) is 0 Å². The van der Waals surface area contributed by atoms with E-state index in [-0.39, 0.29) is 18.6 Å². The Labute approximate surface area is 82.4 Å². The maximum Gasteiger partial charge on any atom is 0.223 e. The van der Waals surface area contributed by atoms with Crippen LogP contribution in [0.5, 0.6) is 0 Å². The summed E-state index contributed by atoms with van der Waals surface area (Å²) in [4.78, 5) is 7.69. The first-order chi connectivity index (χ1) is 6.61. The second-order valence-electron chi connectivity index (χ2n) is 3.09. The van der Waals surface area contributed by atoms with Gasteiger partial charge in [-0.2, -0.15) is 9.97 Å². The van der Waals surface area contributed by atoms with Gasteiger partial charge in [0.2, 0.25) is 5.95 Å². The third kappa shape index (κ3) is 3.06. The molecule has 14 heavy (non-hydrogen) atoms. The first-order valence-corrected chi connectivity index (χ1v) is 4.39. The number of anilines is 3. The molecule has 0 amide bonds. The Morgan fingerprint density at radius 1 is 1.50 bits per heavy atom. The smallest absolute Gasteiger partial charge is 0.223 e. The summed E-state index contributed by atoms with van der Waals surface area (Å²) in [5, 5.41) is 11.8. The third-order valence-corrected chi connectivity index (χ3v) is 1.72. The van der Waals surface area contributed by atoms with Gasteiger partial charge in [-0.25, -0.2) is 0 Å². The number of nitrogens with one attached hydrogen (secondary N) is 1. The van der Waals surface area contributed by atoms with Crippen LogP contribution in [-0.4, -0.2) is 27.7 Å². The zero-order chi connectivity index (χ0) is 10.6. The van der Waals surface area contributed by atoms with Crippen molar-refractivity contribution in [3.63, 3.8) is 0 Å². The summed E-state index contributed by atoms with van der Waals surface area (Å²) in [5.41, 5.74) is 10.9. The SMILES string of the molecule is CC(CCO)Nc1cc(N)nc(N)n1. The zero-order valence-electron chi connectivity index (χ0n) is 8.07. The van der Waals surface area contributed by atoms with Crippen molar-refractivity contribution in [3.8, 4) is 0 Å². The number of hydrogen-bond acceptors (Lipinski definition) is 6. The lowest BCUT2D eigenvalue weighted by atomic mass is 10.2. The molecule has 1 unspecified atom stereocenters. The van der Waals surface area contributed by atoms with Crippen molar-refractivity contribution in [2.24, 2.45) is 0 Å². The Hall–Kier alpha value is -1.56. The lowest BCUT2D eigenvalue weighted by Gasteiger charge is -2.13. The van der Waals surface area contributed by atoms with E-state index in [0.29, 0.717) is 18.1 Å². The van der Waals surface area contributed by atoms with Gasteiger partial charge in [-0.1, -0.05) is 0 Å². The lowest BCUT2D eigenvalue weighted by molar-refractivity contribution is 0.282. The van der Waals surface area contributed by atoms with E-state index < -0.39 is 0 Å². The van der Waals surface area contributed by atoms with E-state index in [4.69, 9.17) is 16.6 Å². The molecule has 0 aliphatic heterocycles. The number of nitrogens with two attached hydrogens (primary N) is 2. The quantitative estimate of drug-likeness (QED) is 0.533. The van der Waals surface area contributed by atoms with Crippen LogP contribution in [0.2, 0.25) is 0 Å². The van der Waals surface area contributed by atoms with Gasteiger partial charge in [0.15, 0.2) is 0 Å². The Morgan fingerprint density at radius 2 is 2.21 bits per heavy atom. The Balaban J connectivity index is 2.66. The molecule has 0 fully saturated rings. The third-order valence-electron chi connectivity index (χ3n) is 1.72. The molecule has 0 saturated heterocycles. The molecule has 0 saturated carbocycles. The van der Waals surface area contributed by atoms with Crippen LogP contribution in [-0.2, 0) is 0 Å². The largest absolute Gasteiger partial charge is 0.396 e. The van der Waals surface area contributed by atoms with Crippen LogP contribution in [0, 0.1) is 0 Å². The monoisotopic (exact) mass is 197 g/mol. The van der Waals surface area contributed by atoms with E-state index in [1.54, 1.807) is 6.07 Å². The summed E-state index contributed by atoms with van der Waals surface area (Å²) in [6.45, 7) is 2.06. The van der Waals surface area contributed by atoms with E-state index >= 15 is 0 Å². The molecule has 1 atom stereocenters. The van der Waals surface area contributed by atoms with Gasteiger partial charge >= 0.3 is 0 Å². The maximum atomic E-state index is 8.70. The summed E-state index contributed by atoms with van der Waals surface area (Å²) < 4.78 is 0. The number of aromatic nitrogens is 2. The summed E-state index contributed by atoms with van der Waals surface area (Å²) in [6, 6.07) is 1.72. The topological polar surface area (TPSA) is 110 Å². The normalized spacial score (nSPS) is 12.4. The standard InChI is InChI=1S/C8H15N5O/c1-5(2-3-14)11-7-4-6(9)12-8(10)13-7/h4-5,14H,2-3H2,1H3,(H5,9,10,11,12,13). The van der Waals surface area contributed by atoms with Crippen molar-refractivity contribution in [1.29, 1.82) is 0 Å². The van der Waals surface area contributed by atoms with Gasteiger partial charge in [-0.3, -0.25) is 0 Å². The first kappa shape index (κ1) is 10.5. The average molecular weight is 197 g/mol. The van der Waals surface area contributed by atoms with Crippen molar-refractivity contribution in [2.45, 2.75) is 19.4 Å². The minimum Gasteiger partial charge on any atom is -0.396 e. The second-order valence-corrected chi connectivity index (χ2v) is 3.09. The summed E-state index contributed by atoms with van der Waals surface area (Å²) in [7, 11) is 0. The van der Waals surface area contributed by atoms with Crippen LogP contribution in [0.25, 0.3) is 0 Å². The van der Waals surface area contributed by atoms with Crippen LogP contribution in [0.15, 0.2) is 6.07 Å². The van der Waals surface area contributed by atoms with Crippen LogP contribution in [0.4, 0.5) is 17.6 Å². The molecule has 1 aromatic rings. The van der Waals surface area contributed by atoms with Crippen molar-refractivity contribution < 1.29 is 5.11 Å². The van der Waals surface area contributed by atoms with Gasteiger partial charge in [0.25, 0.3) is 0 Å². The van der Waals surface area contributed by atoms with Crippen molar-refractivity contribution in [3.05, 3.63) is 6.07 Å². The summed E-state index contributed by atoms with van der Waals surface area (Å²) in [5.74, 6) is 1.05. The maximum absolute atomic E-state index is 8.70. The summed E-state index contributed by atoms with van der Waals surface area (Å²) in [6.07, 6.45) is 0.643. The number of aliphatic hydroxyl groups excluding tert-OH is 1. The highest BCUT2D eigenvalue weighted by Gasteiger charge is 2.03. The molecule has 1 rings (SSSR count). The van der Waals surface area contributed by atoms with Crippen LogP contribution < -0.4 is 16.8 Å². The molecule has 0 aromatic carbocycles. The van der Waals surface area contributed by atoms with Crippen LogP contribution >= 0.6 is 0 Å². The van der Waals surface area contributed by atoms with Gasteiger partial charge in [0.1, 0.15) is 11.6 Å². The van der Waals surface area contributed by atoms with E-state index in [0.717, 1.165) is 0 Å². The summed E-state index contributed by atoms with van der Waals surface area (Å²) >= 11 is 0. The Kier molecular flexibility index (Phi) is 3.47. The molecule has 0 spiro atoms. The highest BCUT2D eigenvalue weighted by atomic mass is 16.3. The molecular formula is C8H15N5O. The molecule has 78 valence electrons. The number of nitrogens with zero attached hydrogens (tertiary/aromatic N) is 2. The van der Waals surface area contributed by atoms with Crippen LogP contribution in [0.3, 0.4) is 0 Å². The Morgan fingerprint density at radius 3 is 2.79 bits per heavy atom. The molecule has 6 heteroatoms. The predicted octanol–water partition coefficient (Wildman–Crippen LogP) is -0.176. The Bertz CT molecular complexity index is 284. The van der Waals surface area contributed by atoms with Gasteiger partial charge in [-0.05, 0) is 13.3 Å². The predicted molar refractivity (Wildman–Crippen MR) is 55.6 cm³/mol. The minimum absolute atomic E-state index is 0.119. The zero-order valence-corrected chi connectivity index (χ0v) is 8.07. The molecule has 6 nitrogen and oxygen atoms in total. The van der Waals surface area contributed by atoms with E-state index in [1.165, 1.54) is 0 Å². The number of hydrogen-bond donors (Lipinski definition) is 4. The molecule has 0 aliphatic carbocycles. The average Bonchev–Trinajstić information content (AvgIpc) is 2.01. The molecule has 0 bridgehead atoms. The first-order valence-electron chi connectivity index (χ1n) is 4.39. The van der Waals surface area contributed by atoms with Gasteiger partial charge in [-0.15, -0.1) is 0 Å². The molecular weight excluding hydrogens is 182 g/mol. The van der Waals surface area contributed by atoms with Gasteiger partial charge in [0, 0.05) is 18.7 Å². The fraction of sp³-hybridized carbons (Fsp3) is 0.500. The highest BCUT2D eigenvalue weighted by Crippen LogP contribution is 2.11. The van der Waals surface area contributed by atoms with E-state index in [2.05, 4.69) is 15.3 Å². The van der Waals surface area contributed by atoms with Gasteiger partial charge in [0.05, 0.1) is 0 Å². The van der Waals surface area contributed by atoms with Crippen molar-refractivity contribution in [1.82, 2.24) is 9.97 Å².